The number of nitrogens with one attached hydrogen (secondary N) is 1. The zero-order valence-electron chi connectivity index (χ0n) is 27.6. The standard InChI is InChI=1S/C39H49FN2O4/c1-5-15-33(6-2)46-34(44)26-32(43)20-13-14-25-42-37(27(3)4)36(39(45)41-31-18-11-8-12-19-31)35(28-16-9-7-10-17-28)38(42)29-21-23-30(40)24-22-29/h7-12,16-19,21-24,27,32-34,43-44H,5-6,13-15,20,25-26H2,1-4H3,(H,41,45)/t32-,33?,34?/m1/s1. The smallest absolute Gasteiger partial charge is 0.258 e. The van der Waals surface area contributed by atoms with E-state index in [1.807, 2.05) is 67.6 Å². The average molecular weight is 629 g/mol. The van der Waals surface area contributed by atoms with E-state index in [0.29, 0.717) is 30.6 Å². The minimum atomic E-state index is -0.993. The topological polar surface area (TPSA) is 83.7 Å². The van der Waals surface area contributed by atoms with Gasteiger partial charge in [-0.05, 0) is 85.5 Å². The van der Waals surface area contributed by atoms with E-state index in [1.54, 1.807) is 12.1 Å². The Morgan fingerprint density at radius 2 is 1.52 bits per heavy atom. The molecular weight excluding hydrogens is 579 g/mol. The lowest BCUT2D eigenvalue weighted by Gasteiger charge is -2.22. The van der Waals surface area contributed by atoms with Gasteiger partial charge in [0.05, 0.1) is 23.5 Å². The van der Waals surface area contributed by atoms with Crippen LogP contribution in [-0.4, -0.2) is 39.2 Å². The zero-order chi connectivity index (χ0) is 33.1. The summed E-state index contributed by atoms with van der Waals surface area (Å²) in [7, 11) is 0. The Balaban J connectivity index is 1.68. The van der Waals surface area contributed by atoms with Crippen molar-refractivity contribution in [1.29, 1.82) is 0 Å². The van der Waals surface area contributed by atoms with Crippen molar-refractivity contribution >= 4 is 11.6 Å². The highest BCUT2D eigenvalue weighted by molar-refractivity contribution is 6.12. The number of benzene rings is 3. The highest BCUT2D eigenvalue weighted by Gasteiger charge is 2.30. The molecule has 2 unspecified atom stereocenters. The number of unbranched alkanes of at least 4 members (excludes halogenated alkanes) is 1. The van der Waals surface area contributed by atoms with Crippen molar-refractivity contribution in [3.63, 3.8) is 0 Å². The number of hydrogen-bond donors (Lipinski definition) is 3. The number of amides is 1. The van der Waals surface area contributed by atoms with E-state index in [0.717, 1.165) is 53.8 Å². The molecule has 3 N–H and O–H groups in total. The van der Waals surface area contributed by atoms with Gasteiger partial charge in [-0.1, -0.05) is 82.6 Å². The first-order valence-corrected chi connectivity index (χ1v) is 16.7. The quantitative estimate of drug-likeness (QED) is 0.0804. The van der Waals surface area contributed by atoms with Gasteiger partial charge in [-0.25, -0.2) is 4.39 Å². The minimum absolute atomic E-state index is 0.000650. The first kappa shape index (κ1) is 35.1. The van der Waals surface area contributed by atoms with Crippen LogP contribution in [0.1, 0.15) is 94.6 Å². The number of aliphatic hydroxyl groups excluding tert-OH is 2. The molecule has 0 aliphatic rings. The molecule has 0 saturated heterocycles. The lowest BCUT2D eigenvalue weighted by Crippen LogP contribution is -2.26. The Hall–Kier alpha value is -3.78. The van der Waals surface area contributed by atoms with E-state index in [1.165, 1.54) is 12.1 Å². The molecule has 6 nitrogen and oxygen atoms in total. The Morgan fingerprint density at radius 3 is 2.13 bits per heavy atom. The number of para-hydroxylation sites is 1. The van der Waals surface area contributed by atoms with Gasteiger partial charge in [0, 0.05) is 29.9 Å². The minimum Gasteiger partial charge on any atom is -0.393 e. The van der Waals surface area contributed by atoms with Gasteiger partial charge in [-0.15, -0.1) is 0 Å². The second-order valence-corrected chi connectivity index (χ2v) is 12.3. The molecule has 0 aliphatic heterocycles. The predicted molar refractivity (Wildman–Crippen MR) is 184 cm³/mol. The third kappa shape index (κ3) is 9.15. The number of halogens is 1. The van der Waals surface area contributed by atoms with Crippen LogP contribution in [0.5, 0.6) is 0 Å². The van der Waals surface area contributed by atoms with Gasteiger partial charge in [0.25, 0.3) is 5.91 Å². The summed E-state index contributed by atoms with van der Waals surface area (Å²) in [5.41, 5.74) is 5.59. The summed E-state index contributed by atoms with van der Waals surface area (Å²) in [5.74, 6) is -0.524. The maximum Gasteiger partial charge on any atom is 0.258 e. The molecule has 0 radical (unpaired) electrons. The van der Waals surface area contributed by atoms with Crippen molar-refractivity contribution in [2.24, 2.45) is 0 Å². The number of hydrogen-bond acceptors (Lipinski definition) is 4. The van der Waals surface area contributed by atoms with Crippen LogP contribution in [0, 0.1) is 5.82 Å². The highest BCUT2D eigenvalue weighted by Crippen LogP contribution is 2.42. The number of aromatic nitrogens is 1. The Labute approximate surface area is 273 Å². The van der Waals surface area contributed by atoms with E-state index in [2.05, 4.69) is 30.7 Å². The molecule has 0 fully saturated rings. The van der Waals surface area contributed by atoms with E-state index in [-0.39, 0.29) is 30.2 Å². The Bertz CT molecular complexity index is 1500. The molecular formula is C39H49FN2O4. The molecule has 46 heavy (non-hydrogen) atoms. The molecule has 1 heterocycles. The average Bonchev–Trinajstić information content (AvgIpc) is 3.39. The fourth-order valence-corrected chi connectivity index (χ4v) is 6.18. The number of aliphatic hydroxyl groups is 2. The van der Waals surface area contributed by atoms with Crippen LogP contribution < -0.4 is 5.32 Å². The molecule has 1 aromatic heterocycles. The highest BCUT2D eigenvalue weighted by atomic mass is 19.1. The zero-order valence-corrected chi connectivity index (χ0v) is 27.6. The Kier molecular flexibility index (Phi) is 13.1. The maximum absolute atomic E-state index is 14.2. The van der Waals surface area contributed by atoms with Crippen LogP contribution in [0.4, 0.5) is 10.1 Å². The van der Waals surface area contributed by atoms with E-state index < -0.39 is 12.4 Å². The summed E-state index contributed by atoms with van der Waals surface area (Å²) in [6.07, 6.45) is 3.13. The van der Waals surface area contributed by atoms with Crippen molar-refractivity contribution in [3.05, 3.63) is 102 Å². The van der Waals surface area contributed by atoms with Crippen molar-refractivity contribution in [2.45, 2.75) is 104 Å². The number of nitrogens with zero attached hydrogens (tertiary/aromatic N) is 1. The van der Waals surface area contributed by atoms with Crippen LogP contribution in [0.15, 0.2) is 84.9 Å². The SMILES string of the molecule is CCCC(CC)OC(O)C[C@H](O)CCCCn1c(-c2ccc(F)cc2)c(-c2ccccc2)c(C(=O)Nc2ccccc2)c1C(C)C. The number of carbonyl (C=O) groups is 1. The molecule has 1 amide bonds. The van der Waals surface area contributed by atoms with E-state index in [4.69, 9.17) is 4.74 Å². The summed E-state index contributed by atoms with van der Waals surface area (Å²) in [4.78, 5) is 14.2. The first-order valence-electron chi connectivity index (χ1n) is 16.7. The predicted octanol–water partition coefficient (Wildman–Crippen LogP) is 9.17. The lowest BCUT2D eigenvalue weighted by atomic mass is 9.94. The molecule has 3 aromatic carbocycles. The largest absolute Gasteiger partial charge is 0.393 e. The van der Waals surface area contributed by atoms with Crippen molar-refractivity contribution in [2.75, 3.05) is 5.32 Å². The summed E-state index contributed by atoms with van der Waals surface area (Å²) in [5, 5.41) is 24.2. The van der Waals surface area contributed by atoms with Crippen LogP contribution >= 0.6 is 0 Å². The third-order valence-corrected chi connectivity index (χ3v) is 8.35. The normalized spacial score (nSPS) is 13.5. The van der Waals surface area contributed by atoms with Gasteiger partial charge in [-0.2, -0.15) is 0 Å². The number of ether oxygens (including phenoxy) is 1. The van der Waals surface area contributed by atoms with Gasteiger partial charge in [0.15, 0.2) is 6.29 Å². The summed E-state index contributed by atoms with van der Waals surface area (Å²) >= 11 is 0. The van der Waals surface area contributed by atoms with Crippen molar-refractivity contribution in [1.82, 2.24) is 4.57 Å². The van der Waals surface area contributed by atoms with Crippen LogP contribution in [-0.2, 0) is 11.3 Å². The second-order valence-electron chi connectivity index (χ2n) is 12.3. The first-order chi connectivity index (χ1) is 22.2. The summed E-state index contributed by atoms with van der Waals surface area (Å²) in [6.45, 7) is 8.89. The Morgan fingerprint density at radius 1 is 0.870 bits per heavy atom. The van der Waals surface area contributed by atoms with Gasteiger partial charge in [0.2, 0.25) is 0 Å². The molecule has 7 heteroatoms. The van der Waals surface area contributed by atoms with E-state index in [9.17, 15) is 19.4 Å². The molecule has 0 bridgehead atoms. The van der Waals surface area contributed by atoms with Gasteiger partial charge < -0.3 is 24.8 Å². The molecule has 4 aromatic rings. The molecule has 0 aliphatic carbocycles. The van der Waals surface area contributed by atoms with Gasteiger partial charge >= 0.3 is 0 Å². The molecule has 0 spiro atoms. The third-order valence-electron chi connectivity index (χ3n) is 8.35. The van der Waals surface area contributed by atoms with Crippen LogP contribution in [0.3, 0.4) is 0 Å². The number of carbonyl (C=O) groups excluding carboxylic acids is 1. The maximum atomic E-state index is 14.2. The number of rotatable bonds is 17. The fourth-order valence-electron chi connectivity index (χ4n) is 6.18. The molecule has 0 saturated carbocycles. The molecule has 3 atom stereocenters. The monoisotopic (exact) mass is 628 g/mol. The number of anilines is 1. The second kappa shape index (κ2) is 17.2. The fraction of sp³-hybridized carbons (Fsp3) is 0.410. The van der Waals surface area contributed by atoms with Gasteiger partial charge in [0.1, 0.15) is 5.82 Å². The molecule has 4 rings (SSSR count). The van der Waals surface area contributed by atoms with Crippen LogP contribution in [0.25, 0.3) is 22.4 Å². The van der Waals surface area contributed by atoms with Gasteiger partial charge in [-0.3, -0.25) is 4.79 Å². The van der Waals surface area contributed by atoms with Crippen molar-refractivity contribution < 1.29 is 24.1 Å². The van der Waals surface area contributed by atoms with Crippen LogP contribution in [0.2, 0.25) is 0 Å². The van der Waals surface area contributed by atoms with Crippen molar-refractivity contribution in [3.8, 4) is 22.4 Å². The lowest BCUT2D eigenvalue weighted by molar-refractivity contribution is -0.154. The van der Waals surface area contributed by atoms with E-state index >= 15 is 0 Å². The molecule has 246 valence electrons. The summed E-state index contributed by atoms with van der Waals surface area (Å²) < 4.78 is 22.1. The summed E-state index contributed by atoms with van der Waals surface area (Å²) in [6, 6.07) is 25.7.